The molecule has 1 spiro atoms. The Morgan fingerprint density at radius 3 is 2.83 bits per heavy atom. The molecule has 0 N–H and O–H groups in total. The van der Waals surface area contributed by atoms with Gasteiger partial charge in [0.15, 0.2) is 0 Å². The molecule has 6 nitrogen and oxygen atoms in total. The Bertz CT molecular complexity index is 949. The molecule has 1 aromatic carbocycles. The number of likely N-dealkylation sites (tertiary alicyclic amines) is 1. The summed E-state index contributed by atoms with van der Waals surface area (Å²) in [5.74, 6) is -0.0960. The van der Waals surface area contributed by atoms with Crippen LogP contribution in [0.25, 0.3) is 0 Å². The van der Waals surface area contributed by atoms with Crippen LogP contribution in [0.3, 0.4) is 0 Å². The molecule has 29 heavy (non-hydrogen) atoms. The van der Waals surface area contributed by atoms with E-state index >= 15 is 0 Å². The third-order valence-electron chi connectivity index (χ3n) is 5.56. The number of carbonyl (C=O) groups excluding carboxylic acids is 2. The first kappa shape index (κ1) is 19.5. The Hall–Kier alpha value is -2.86. The van der Waals surface area contributed by atoms with Gasteiger partial charge in [-0.1, -0.05) is 48.0 Å². The molecule has 3 heterocycles. The summed E-state index contributed by atoms with van der Waals surface area (Å²) in [6.07, 6.45) is 7.62. The first-order valence-corrected chi connectivity index (χ1v) is 9.98. The predicted octanol–water partition coefficient (Wildman–Crippen LogP) is 4.20. The van der Waals surface area contributed by atoms with E-state index in [2.05, 4.69) is 4.98 Å². The van der Waals surface area contributed by atoms with E-state index in [0.717, 1.165) is 5.56 Å². The lowest BCUT2D eigenvalue weighted by Gasteiger charge is -2.46. The van der Waals surface area contributed by atoms with Gasteiger partial charge in [-0.25, -0.2) is 4.79 Å². The molecule has 0 saturated carbocycles. The number of carbonyl (C=O) groups is 2. The van der Waals surface area contributed by atoms with Crippen LogP contribution in [-0.2, 0) is 16.1 Å². The average molecular weight is 412 g/mol. The Labute approximate surface area is 174 Å². The molecular formula is C22H22ClN3O3. The molecule has 0 radical (unpaired) electrons. The number of halogens is 1. The number of anilines is 1. The highest BCUT2D eigenvalue weighted by Gasteiger charge is 2.47. The molecule has 7 heteroatoms. The number of hydrogen-bond acceptors (Lipinski definition) is 4. The highest BCUT2D eigenvalue weighted by molar-refractivity contribution is 6.30. The van der Waals surface area contributed by atoms with E-state index in [0.29, 0.717) is 30.1 Å². The first-order chi connectivity index (χ1) is 14.0. The van der Waals surface area contributed by atoms with Crippen molar-refractivity contribution in [3.05, 3.63) is 71.5 Å². The number of aromatic nitrogens is 1. The van der Waals surface area contributed by atoms with Gasteiger partial charge in [0, 0.05) is 24.9 Å². The van der Waals surface area contributed by atoms with Crippen molar-refractivity contribution in [2.75, 3.05) is 11.4 Å². The fraction of sp³-hybridized carbons (Fsp3) is 0.318. The van der Waals surface area contributed by atoms with Crippen LogP contribution >= 0.6 is 11.6 Å². The molecule has 1 saturated heterocycles. The van der Waals surface area contributed by atoms with Crippen molar-refractivity contribution < 1.29 is 14.3 Å². The highest BCUT2D eigenvalue weighted by Crippen LogP contribution is 2.40. The molecule has 1 aromatic heterocycles. The van der Waals surface area contributed by atoms with Gasteiger partial charge < -0.3 is 9.64 Å². The van der Waals surface area contributed by atoms with E-state index in [9.17, 15) is 9.59 Å². The minimum Gasteiger partial charge on any atom is -0.445 e. The van der Waals surface area contributed by atoms with E-state index in [-0.39, 0.29) is 24.6 Å². The van der Waals surface area contributed by atoms with Gasteiger partial charge >= 0.3 is 6.09 Å². The Morgan fingerprint density at radius 1 is 1.31 bits per heavy atom. The molecule has 0 unspecified atom stereocenters. The second-order valence-electron chi connectivity index (χ2n) is 7.51. The number of benzene rings is 1. The van der Waals surface area contributed by atoms with Crippen LogP contribution in [0.4, 0.5) is 10.5 Å². The third kappa shape index (κ3) is 3.85. The highest BCUT2D eigenvalue weighted by atomic mass is 35.5. The minimum absolute atomic E-state index is 0.0859. The number of nitrogens with zero attached hydrogens (tertiary/aromatic N) is 3. The summed E-state index contributed by atoms with van der Waals surface area (Å²) in [6, 6.07) is 11.3. The fourth-order valence-corrected chi connectivity index (χ4v) is 4.36. The molecular weight excluding hydrogens is 390 g/mol. The van der Waals surface area contributed by atoms with Crippen molar-refractivity contribution in [1.82, 2.24) is 9.88 Å². The second-order valence-corrected chi connectivity index (χ2v) is 7.95. The van der Waals surface area contributed by atoms with E-state index in [4.69, 9.17) is 16.3 Å². The van der Waals surface area contributed by atoms with Gasteiger partial charge in [-0.15, -0.1) is 0 Å². The van der Waals surface area contributed by atoms with Crippen molar-refractivity contribution in [3.8, 4) is 0 Å². The van der Waals surface area contributed by atoms with Crippen molar-refractivity contribution in [1.29, 1.82) is 0 Å². The SMILES string of the molecule is C[C@H]1C[C@@]2(C=CC(=O)N2c2cncc(Cl)c2)CCN1C(=O)OCc1ccccc1. The molecule has 0 bridgehead atoms. The summed E-state index contributed by atoms with van der Waals surface area (Å²) in [7, 11) is 0. The number of hydrogen-bond donors (Lipinski definition) is 0. The van der Waals surface area contributed by atoms with Crippen molar-refractivity contribution in [2.45, 2.75) is 38.0 Å². The smallest absolute Gasteiger partial charge is 0.410 e. The number of piperidine rings is 1. The Morgan fingerprint density at radius 2 is 2.10 bits per heavy atom. The van der Waals surface area contributed by atoms with Crippen LogP contribution in [0, 0.1) is 0 Å². The molecule has 2 aliphatic heterocycles. The summed E-state index contributed by atoms with van der Waals surface area (Å²) in [4.78, 5) is 32.8. The maximum Gasteiger partial charge on any atom is 0.410 e. The van der Waals surface area contributed by atoms with E-state index in [1.54, 1.807) is 34.3 Å². The zero-order chi connectivity index (χ0) is 20.4. The topological polar surface area (TPSA) is 62.7 Å². The lowest BCUT2D eigenvalue weighted by atomic mass is 9.83. The van der Waals surface area contributed by atoms with Crippen molar-refractivity contribution in [3.63, 3.8) is 0 Å². The van der Waals surface area contributed by atoms with Gasteiger partial charge in [0.1, 0.15) is 6.61 Å². The molecule has 2 aliphatic rings. The number of ether oxygens (including phenoxy) is 1. The van der Waals surface area contributed by atoms with Gasteiger partial charge in [0.25, 0.3) is 5.91 Å². The van der Waals surface area contributed by atoms with E-state index in [1.165, 1.54) is 0 Å². The summed E-state index contributed by atoms with van der Waals surface area (Å²) >= 11 is 6.09. The monoisotopic (exact) mass is 411 g/mol. The maximum absolute atomic E-state index is 12.6. The number of amides is 2. The molecule has 2 atom stereocenters. The van der Waals surface area contributed by atoms with Gasteiger partial charge in [-0.05, 0) is 31.4 Å². The van der Waals surface area contributed by atoms with Crippen molar-refractivity contribution in [2.24, 2.45) is 0 Å². The van der Waals surface area contributed by atoms with Crippen LogP contribution in [0.5, 0.6) is 0 Å². The van der Waals surface area contributed by atoms with E-state index in [1.807, 2.05) is 43.3 Å². The molecule has 2 amide bonds. The summed E-state index contributed by atoms with van der Waals surface area (Å²) in [6.45, 7) is 2.72. The first-order valence-electron chi connectivity index (χ1n) is 9.60. The Balaban J connectivity index is 1.46. The predicted molar refractivity (Wildman–Crippen MR) is 111 cm³/mol. The standard InChI is InChI=1S/C22H22ClN3O3/c1-16-12-22(8-7-20(27)26(22)19-11-18(23)13-24-14-19)9-10-25(16)21(28)29-15-17-5-3-2-4-6-17/h2-8,11,13-14,16H,9-10,12,15H2,1H3/t16-,22+/m0/s1. The zero-order valence-electron chi connectivity index (χ0n) is 16.1. The lowest BCUT2D eigenvalue weighted by Crippen LogP contribution is -2.57. The largest absolute Gasteiger partial charge is 0.445 e. The fourth-order valence-electron chi connectivity index (χ4n) is 4.19. The Kier molecular flexibility index (Phi) is 5.28. The third-order valence-corrected chi connectivity index (χ3v) is 5.76. The number of rotatable bonds is 3. The lowest BCUT2D eigenvalue weighted by molar-refractivity contribution is -0.114. The van der Waals surface area contributed by atoms with E-state index < -0.39 is 5.54 Å². The second kappa shape index (κ2) is 7.87. The van der Waals surface area contributed by atoms with Gasteiger partial charge in [-0.2, -0.15) is 0 Å². The number of pyridine rings is 1. The normalized spacial score (nSPS) is 23.7. The van der Waals surface area contributed by atoms with Crippen LogP contribution < -0.4 is 4.90 Å². The summed E-state index contributed by atoms with van der Waals surface area (Å²) in [5.41, 5.74) is 1.13. The average Bonchev–Trinajstić information content (AvgIpc) is 3.02. The molecule has 1 fully saturated rings. The molecule has 150 valence electrons. The van der Waals surface area contributed by atoms with Gasteiger partial charge in [0.2, 0.25) is 0 Å². The summed E-state index contributed by atoms with van der Waals surface area (Å²) in [5, 5.41) is 0.479. The molecule has 0 aliphatic carbocycles. The van der Waals surface area contributed by atoms with Crippen LogP contribution in [0.1, 0.15) is 25.3 Å². The van der Waals surface area contributed by atoms with Crippen LogP contribution in [0.2, 0.25) is 5.02 Å². The van der Waals surface area contributed by atoms with Crippen molar-refractivity contribution >= 4 is 29.3 Å². The van der Waals surface area contributed by atoms with Gasteiger partial charge in [-0.3, -0.25) is 14.7 Å². The molecule has 4 rings (SSSR count). The molecule has 2 aromatic rings. The minimum atomic E-state index is -0.487. The summed E-state index contributed by atoms with van der Waals surface area (Å²) < 4.78 is 5.50. The zero-order valence-corrected chi connectivity index (χ0v) is 16.9. The quantitative estimate of drug-likeness (QED) is 0.759. The van der Waals surface area contributed by atoms with Crippen LogP contribution in [-0.4, -0.2) is 40.0 Å². The van der Waals surface area contributed by atoms with Gasteiger partial charge in [0.05, 0.1) is 22.4 Å². The maximum atomic E-state index is 12.6. The van der Waals surface area contributed by atoms with Crippen LogP contribution in [0.15, 0.2) is 60.9 Å².